The van der Waals surface area contributed by atoms with Crippen molar-refractivity contribution >= 4 is 11.8 Å². The number of benzene rings is 2. The summed E-state index contributed by atoms with van der Waals surface area (Å²) >= 11 is 0. The van der Waals surface area contributed by atoms with E-state index in [1.807, 2.05) is 61.2 Å². The highest BCUT2D eigenvalue weighted by atomic mass is 16.5. The van der Waals surface area contributed by atoms with Crippen molar-refractivity contribution in [3.8, 4) is 11.4 Å². The molecule has 2 aliphatic rings. The van der Waals surface area contributed by atoms with Crippen molar-refractivity contribution in [3.05, 3.63) is 77.1 Å². The van der Waals surface area contributed by atoms with Crippen molar-refractivity contribution in [2.45, 2.75) is 25.9 Å². The number of fused-ring (bicyclic) bond motifs is 1. The van der Waals surface area contributed by atoms with Crippen LogP contribution in [0.15, 0.2) is 54.6 Å². The zero-order valence-corrected chi connectivity index (χ0v) is 17.8. The second-order valence-corrected chi connectivity index (χ2v) is 8.08. The van der Waals surface area contributed by atoms with Crippen LogP contribution in [0.25, 0.3) is 5.69 Å². The van der Waals surface area contributed by atoms with Crippen LogP contribution in [0.5, 0.6) is 5.75 Å². The third-order valence-electron chi connectivity index (χ3n) is 6.24. The molecule has 1 aromatic heterocycles. The largest absolute Gasteiger partial charge is 0.497 e. The highest BCUT2D eigenvalue weighted by Gasteiger charge is 2.47. The second-order valence-electron chi connectivity index (χ2n) is 8.08. The van der Waals surface area contributed by atoms with Gasteiger partial charge in [-0.2, -0.15) is 5.10 Å². The Labute approximate surface area is 180 Å². The maximum atomic E-state index is 13.4. The number of aromatic nitrogens is 2. The van der Waals surface area contributed by atoms with Crippen LogP contribution in [0.3, 0.4) is 0 Å². The van der Waals surface area contributed by atoms with E-state index in [0.29, 0.717) is 30.1 Å². The summed E-state index contributed by atoms with van der Waals surface area (Å²) in [7, 11) is 1.58. The molecule has 3 aromatic rings. The fourth-order valence-corrected chi connectivity index (χ4v) is 4.66. The number of hydrogen-bond donors (Lipinski definition) is 0. The molecular weight excluding hydrogens is 392 g/mol. The molecule has 1 saturated heterocycles. The minimum absolute atomic E-state index is 0.00641. The highest BCUT2D eigenvalue weighted by Crippen LogP contribution is 2.39. The van der Waals surface area contributed by atoms with Gasteiger partial charge in [0.1, 0.15) is 11.4 Å². The molecule has 0 radical (unpaired) electrons. The van der Waals surface area contributed by atoms with Gasteiger partial charge in [-0.25, -0.2) is 4.68 Å². The average molecular weight is 416 g/mol. The van der Waals surface area contributed by atoms with Crippen molar-refractivity contribution < 1.29 is 14.3 Å². The number of aryl methyl sites for hydroxylation is 1. The molecule has 7 heteroatoms. The molecule has 3 heterocycles. The normalized spacial score (nSPS) is 18.2. The van der Waals surface area contributed by atoms with E-state index >= 15 is 0 Å². The number of nitrogens with zero attached hydrogens (tertiary/aromatic N) is 4. The Morgan fingerprint density at radius 3 is 2.55 bits per heavy atom. The molecule has 1 fully saturated rings. The molecule has 2 aliphatic heterocycles. The fourth-order valence-electron chi connectivity index (χ4n) is 4.66. The molecule has 31 heavy (non-hydrogen) atoms. The monoisotopic (exact) mass is 416 g/mol. The van der Waals surface area contributed by atoms with E-state index in [1.54, 1.807) is 28.8 Å². The molecule has 5 rings (SSSR count). The van der Waals surface area contributed by atoms with E-state index in [2.05, 4.69) is 5.10 Å². The summed E-state index contributed by atoms with van der Waals surface area (Å²) in [4.78, 5) is 29.9. The number of rotatable bonds is 4. The summed E-state index contributed by atoms with van der Waals surface area (Å²) in [6.45, 7) is 5.04. The van der Waals surface area contributed by atoms with Crippen LogP contribution in [0.2, 0.25) is 0 Å². The van der Waals surface area contributed by atoms with E-state index in [4.69, 9.17) is 4.74 Å². The van der Waals surface area contributed by atoms with Gasteiger partial charge < -0.3 is 14.5 Å². The van der Waals surface area contributed by atoms with Gasteiger partial charge in [-0.15, -0.1) is 0 Å². The third-order valence-corrected chi connectivity index (χ3v) is 6.24. The highest BCUT2D eigenvalue weighted by molar-refractivity contribution is 5.99. The van der Waals surface area contributed by atoms with Crippen LogP contribution in [0, 0.1) is 6.92 Å². The van der Waals surface area contributed by atoms with Crippen LogP contribution in [-0.4, -0.2) is 57.6 Å². The molecule has 2 aromatic carbocycles. The Morgan fingerprint density at radius 1 is 1.10 bits per heavy atom. The lowest BCUT2D eigenvalue weighted by atomic mass is 10.0. The Kier molecular flexibility index (Phi) is 4.54. The predicted molar refractivity (Wildman–Crippen MR) is 116 cm³/mol. The van der Waals surface area contributed by atoms with Gasteiger partial charge in [-0.05, 0) is 44.2 Å². The van der Waals surface area contributed by atoms with Gasteiger partial charge in [0.15, 0.2) is 0 Å². The molecule has 0 N–H and O–H groups in total. The smallest absolute Gasteiger partial charge is 0.273 e. The quantitative estimate of drug-likeness (QED) is 0.655. The third kappa shape index (κ3) is 3.00. The number of hydrogen-bond acceptors (Lipinski definition) is 4. The van der Waals surface area contributed by atoms with Gasteiger partial charge >= 0.3 is 0 Å². The lowest BCUT2D eigenvalue weighted by Gasteiger charge is -2.45. The Morgan fingerprint density at radius 2 is 1.84 bits per heavy atom. The Bertz CT molecular complexity index is 1160. The van der Waals surface area contributed by atoms with Gasteiger partial charge in [0.25, 0.3) is 11.8 Å². The summed E-state index contributed by atoms with van der Waals surface area (Å²) in [5, 5.41) is 4.63. The first-order valence-electron chi connectivity index (χ1n) is 10.4. The number of methoxy groups -OCH3 is 1. The summed E-state index contributed by atoms with van der Waals surface area (Å²) in [5.74, 6) is 0.590. The Balaban J connectivity index is 1.36. The maximum Gasteiger partial charge on any atom is 0.273 e. The summed E-state index contributed by atoms with van der Waals surface area (Å²) in [5.41, 5.74) is 3.95. The molecule has 1 unspecified atom stereocenters. The van der Waals surface area contributed by atoms with E-state index < -0.39 is 0 Å². The van der Waals surface area contributed by atoms with Crippen LogP contribution < -0.4 is 4.74 Å². The molecular formula is C24H24N4O3. The first kappa shape index (κ1) is 19.4. The Hall–Kier alpha value is -3.61. The van der Waals surface area contributed by atoms with Crippen molar-refractivity contribution in [2.24, 2.45) is 0 Å². The molecule has 0 spiro atoms. The molecule has 7 nitrogen and oxygen atoms in total. The molecule has 0 aliphatic carbocycles. The summed E-state index contributed by atoms with van der Waals surface area (Å²) < 4.78 is 6.97. The number of carbonyl (C=O) groups excluding carboxylic acids is 2. The first-order valence-corrected chi connectivity index (χ1v) is 10.4. The maximum absolute atomic E-state index is 13.4. The molecule has 2 amide bonds. The fraction of sp³-hybridized carbons (Fsp3) is 0.292. The van der Waals surface area contributed by atoms with Crippen LogP contribution in [-0.2, 0) is 0 Å². The molecule has 1 atom stereocenters. The summed E-state index contributed by atoms with van der Waals surface area (Å²) in [6.07, 6.45) is 0. The number of carbonyl (C=O) groups is 2. The van der Waals surface area contributed by atoms with E-state index in [-0.39, 0.29) is 23.9 Å². The van der Waals surface area contributed by atoms with Gasteiger partial charge in [-0.1, -0.05) is 24.3 Å². The van der Waals surface area contributed by atoms with E-state index in [1.165, 1.54) is 0 Å². The van der Waals surface area contributed by atoms with Crippen LogP contribution in [0.4, 0.5) is 0 Å². The minimum atomic E-state index is -0.0703. The standard InChI is InChI=1S/C24H24N4O3/c1-15-21-16(2)27(24(30)22(21)28(25-15)18-9-5-4-6-10-18)19-13-26(14-19)23(29)17-8-7-11-20(12-17)31-3/h4-12,16,19H,13-14H2,1-3H3. The van der Waals surface area contributed by atoms with Gasteiger partial charge in [0.2, 0.25) is 0 Å². The zero-order valence-electron chi connectivity index (χ0n) is 17.8. The molecule has 158 valence electrons. The summed E-state index contributed by atoms with van der Waals surface area (Å²) in [6, 6.07) is 16.8. The lowest BCUT2D eigenvalue weighted by Crippen LogP contribution is -2.61. The molecule has 0 saturated carbocycles. The first-order chi connectivity index (χ1) is 15.0. The lowest BCUT2D eigenvalue weighted by molar-refractivity contribution is 0.0164. The number of ether oxygens (including phenoxy) is 1. The van der Waals surface area contributed by atoms with Crippen LogP contribution >= 0.6 is 0 Å². The minimum Gasteiger partial charge on any atom is -0.497 e. The number of amides is 2. The van der Waals surface area contributed by atoms with Gasteiger partial charge in [-0.3, -0.25) is 9.59 Å². The zero-order chi connectivity index (χ0) is 21.7. The topological polar surface area (TPSA) is 67.7 Å². The van der Waals surface area contributed by atoms with Crippen molar-refractivity contribution in [1.29, 1.82) is 0 Å². The predicted octanol–water partition coefficient (Wildman–Crippen LogP) is 3.23. The van der Waals surface area contributed by atoms with Gasteiger partial charge in [0.05, 0.1) is 30.6 Å². The second kappa shape index (κ2) is 7.27. The molecule has 0 bridgehead atoms. The number of para-hydroxylation sites is 1. The van der Waals surface area contributed by atoms with Gasteiger partial charge in [0, 0.05) is 24.2 Å². The van der Waals surface area contributed by atoms with Crippen molar-refractivity contribution in [2.75, 3.05) is 20.2 Å². The van der Waals surface area contributed by atoms with Crippen LogP contribution in [0.1, 0.15) is 45.1 Å². The average Bonchev–Trinajstić information content (AvgIpc) is 3.24. The number of likely N-dealkylation sites (tertiary alicyclic amines) is 1. The van der Waals surface area contributed by atoms with E-state index in [9.17, 15) is 9.59 Å². The SMILES string of the molecule is COc1cccc(C(=O)N2CC(N3C(=O)c4c(c(C)nn4-c4ccccc4)C3C)C2)c1. The van der Waals surface area contributed by atoms with Crippen molar-refractivity contribution in [1.82, 2.24) is 19.6 Å². The van der Waals surface area contributed by atoms with E-state index in [0.717, 1.165) is 16.9 Å². The van der Waals surface area contributed by atoms with Crippen molar-refractivity contribution in [3.63, 3.8) is 0 Å².